The van der Waals surface area contributed by atoms with Gasteiger partial charge in [-0.2, -0.15) is 0 Å². The van der Waals surface area contributed by atoms with Crippen LogP contribution in [-0.2, 0) is 6.54 Å². The van der Waals surface area contributed by atoms with Gasteiger partial charge in [-0.1, -0.05) is 13.8 Å². The van der Waals surface area contributed by atoms with Crippen LogP contribution in [0.1, 0.15) is 43.5 Å². The fourth-order valence-corrected chi connectivity index (χ4v) is 2.18. The third kappa shape index (κ3) is 2.41. The highest BCUT2D eigenvalue weighted by Gasteiger charge is 2.07. The van der Waals surface area contributed by atoms with Gasteiger partial charge in [0.1, 0.15) is 0 Å². The number of aryl methyl sites for hydroxylation is 1. The highest BCUT2D eigenvalue weighted by Crippen LogP contribution is 2.19. The summed E-state index contributed by atoms with van der Waals surface area (Å²) in [6.07, 6.45) is 4.78. The second-order valence-corrected chi connectivity index (χ2v) is 4.46. The fraction of sp³-hybridized carbons (Fsp3) is 0.400. The molecule has 0 spiro atoms. The quantitative estimate of drug-likeness (QED) is 0.709. The number of Topliss-reactive ketones (excluding diaryl/α,β-unsaturated/α-hetero) is 1. The Morgan fingerprint density at radius 3 is 2.71 bits per heavy atom. The molecule has 2 nitrogen and oxygen atoms in total. The van der Waals surface area contributed by atoms with Crippen LogP contribution in [-0.4, -0.2) is 10.4 Å². The summed E-state index contributed by atoms with van der Waals surface area (Å²) in [5, 5.41) is 1.17. The summed E-state index contributed by atoms with van der Waals surface area (Å²) >= 11 is 0. The molecule has 2 heteroatoms. The molecule has 0 unspecified atom stereocenters. The van der Waals surface area contributed by atoms with E-state index in [-0.39, 0.29) is 5.78 Å². The lowest BCUT2D eigenvalue weighted by Crippen LogP contribution is -1.98. The van der Waals surface area contributed by atoms with E-state index in [1.54, 1.807) is 0 Å². The standard InChI is InChI=1S/C15H19NO/c1-3-5-15(17)13-6-7-14-12(11-13)8-10-16(14)9-4-2/h6-8,10-11H,3-5,9H2,1-2H3. The van der Waals surface area contributed by atoms with Crippen molar-refractivity contribution in [3.05, 3.63) is 36.0 Å². The smallest absolute Gasteiger partial charge is 0.162 e. The molecule has 0 fully saturated rings. The average molecular weight is 229 g/mol. The zero-order chi connectivity index (χ0) is 12.3. The first-order valence-electron chi connectivity index (χ1n) is 6.38. The SMILES string of the molecule is CCCC(=O)c1ccc2c(ccn2CCC)c1. The zero-order valence-corrected chi connectivity index (χ0v) is 10.6. The van der Waals surface area contributed by atoms with Crippen LogP contribution < -0.4 is 0 Å². The van der Waals surface area contributed by atoms with Crippen molar-refractivity contribution < 1.29 is 4.79 Å². The van der Waals surface area contributed by atoms with E-state index in [4.69, 9.17) is 0 Å². The Morgan fingerprint density at radius 1 is 1.18 bits per heavy atom. The molecule has 0 atom stereocenters. The maximum atomic E-state index is 11.8. The first-order chi connectivity index (χ1) is 8.26. The minimum atomic E-state index is 0.248. The molecule has 0 bridgehead atoms. The molecule has 1 aromatic heterocycles. The van der Waals surface area contributed by atoms with Gasteiger partial charge in [0.2, 0.25) is 0 Å². The summed E-state index contributed by atoms with van der Waals surface area (Å²) in [6, 6.07) is 8.12. The van der Waals surface area contributed by atoms with E-state index in [9.17, 15) is 4.79 Å². The number of benzene rings is 1. The molecule has 0 saturated heterocycles. The van der Waals surface area contributed by atoms with Crippen LogP contribution in [0.3, 0.4) is 0 Å². The van der Waals surface area contributed by atoms with Gasteiger partial charge in [-0.3, -0.25) is 4.79 Å². The lowest BCUT2D eigenvalue weighted by atomic mass is 10.1. The molecule has 1 heterocycles. The maximum absolute atomic E-state index is 11.8. The van der Waals surface area contributed by atoms with Gasteiger partial charge in [0.25, 0.3) is 0 Å². The molecule has 2 aromatic rings. The van der Waals surface area contributed by atoms with Gasteiger partial charge in [-0.25, -0.2) is 0 Å². The monoisotopic (exact) mass is 229 g/mol. The van der Waals surface area contributed by atoms with E-state index >= 15 is 0 Å². The maximum Gasteiger partial charge on any atom is 0.162 e. The number of rotatable bonds is 5. The van der Waals surface area contributed by atoms with E-state index in [1.165, 1.54) is 10.9 Å². The van der Waals surface area contributed by atoms with Gasteiger partial charge in [-0.15, -0.1) is 0 Å². The first-order valence-corrected chi connectivity index (χ1v) is 6.38. The van der Waals surface area contributed by atoms with Crippen molar-refractivity contribution in [1.82, 2.24) is 4.57 Å². The largest absolute Gasteiger partial charge is 0.347 e. The third-order valence-corrected chi connectivity index (χ3v) is 3.03. The van der Waals surface area contributed by atoms with Crippen molar-refractivity contribution in [2.75, 3.05) is 0 Å². The molecule has 0 aliphatic rings. The minimum absolute atomic E-state index is 0.248. The van der Waals surface area contributed by atoms with Gasteiger partial charge in [-0.05, 0) is 37.1 Å². The third-order valence-electron chi connectivity index (χ3n) is 3.03. The molecule has 0 radical (unpaired) electrons. The van der Waals surface area contributed by atoms with Crippen molar-refractivity contribution in [3.8, 4) is 0 Å². The number of carbonyl (C=O) groups excluding carboxylic acids is 1. The summed E-state index contributed by atoms with van der Waals surface area (Å²) in [4.78, 5) is 11.8. The molecule has 2 rings (SSSR count). The lowest BCUT2D eigenvalue weighted by molar-refractivity contribution is 0.0982. The molecule has 17 heavy (non-hydrogen) atoms. The van der Waals surface area contributed by atoms with Gasteiger partial charge in [0, 0.05) is 35.6 Å². The first kappa shape index (κ1) is 11.9. The molecule has 90 valence electrons. The number of hydrogen-bond acceptors (Lipinski definition) is 1. The second-order valence-electron chi connectivity index (χ2n) is 4.46. The van der Waals surface area contributed by atoms with Crippen LogP contribution >= 0.6 is 0 Å². The summed E-state index contributed by atoms with van der Waals surface area (Å²) in [7, 11) is 0. The van der Waals surface area contributed by atoms with Crippen LogP contribution in [0.5, 0.6) is 0 Å². The van der Waals surface area contributed by atoms with Crippen LogP contribution in [0.25, 0.3) is 10.9 Å². The predicted octanol–water partition coefficient (Wildman–Crippen LogP) is 4.03. The van der Waals surface area contributed by atoms with Gasteiger partial charge < -0.3 is 4.57 Å². The van der Waals surface area contributed by atoms with Crippen molar-refractivity contribution in [2.45, 2.75) is 39.7 Å². The van der Waals surface area contributed by atoms with Gasteiger partial charge in [0.05, 0.1) is 0 Å². The Balaban J connectivity index is 2.35. The number of nitrogens with zero attached hydrogens (tertiary/aromatic N) is 1. The Morgan fingerprint density at radius 2 is 2.00 bits per heavy atom. The summed E-state index contributed by atoms with van der Waals surface area (Å²) in [6.45, 7) is 5.24. The van der Waals surface area contributed by atoms with Crippen LogP contribution in [0.2, 0.25) is 0 Å². The molecule has 0 saturated carbocycles. The molecular formula is C15H19NO. The van der Waals surface area contributed by atoms with Crippen molar-refractivity contribution >= 4 is 16.7 Å². The van der Waals surface area contributed by atoms with E-state index in [1.807, 2.05) is 19.1 Å². The highest BCUT2D eigenvalue weighted by molar-refractivity contribution is 5.99. The Kier molecular flexibility index (Phi) is 3.62. The molecular weight excluding hydrogens is 210 g/mol. The number of fused-ring (bicyclic) bond motifs is 1. The normalized spacial score (nSPS) is 10.9. The predicted molar refractivity (Wildman–Crippen MR) is 71.5 cm³/mol. The Labute approximate surface area is 102 Å². The summed E-state index contributed by atoms with van der Waals surface area (Å²) in [5.41, 5.74) is 2.06. The molecule has 0 aliphatic heterocycles. The number of ketones is 1. The number of aromatic nitrogens is 1. The van der Waals surface area contributed by atoms with E-state index in [2.05, 4.69) is 29.8 Å². The van der Waals surface area contributed by atoms with Gasteiger partial charge in [0.15, 0.2) is 5.78 Å². The van der Waals surface area contributed by atoms with Crippen molar-refractivity contribution in [2.24, 2.45) is 0 Å². The number of hydrogen-bond donors (Lipinski definition) is 0. The Bertz CT molecular complexity index is 525. The lowest BCUT2D eigenvalue weighted by Gasteiger charge is -2.04. The molecule has 0 aliphatic carbocycles. The van der Waals surface area contributed by atoms with E-state index < -0.39 is 0 Å². The zero-order valence-electron chi connectivity index (χ0n) is 10.6. The van der Waals surface area contributed by atoms with Crippen LogP contribution in [0.4, 0.5) is 0 Å². The van der Waals surface area contributed by atoms with Crippen LogP contribution in [0, 0.1) is 0 Å². The van der Waals surface area contributed by atoms with E-state index in [0.29, 0.717) is 6.42 Å². The topological polar surface area (TPSA) is 22.0 Å². The van der Waals surface area contributed by atoms with Gasteiger partial charge >= 0.3 is 0 Å². The van der Waals surface area contributed by atoms with Crippen molar-refractivity contribution in [3.63, 3.8) is 0 Å². The summed E-state index contributed by atoms with van der Waals surface area (Å²) < 4.78 is 2.24. The average Bonchev–Trinajstić information content (AvgIpc) is 2.73. The van der Waals surface area contributed by atoms with Crippen LogP contribution in [0.15, 0.2) is 30.5 Å². The number of carbonyl (C=O) groups is 1. The fourth-order valence-electron chi connectivity index (χ4n) is 2.18. The van der Waals surface area contributed by atoms with E-state index in [0.717, 1.165) is 24.9 Å². The van der Waals surface area contributed by atoms with Crippen molar-refractivity contribution in [1.29, 1.82) is 0 Å². The molecule has 0 amide bonds. The highest BCUT2D eigenvalue weighted by atomic mass is 16.1. The minimum Gasteiger partial charge on any atom is -0.347 e. The molecule has 1 aromatic carbocycles. The Hall–Kier alpha value is -1.57. The summed E-state index contributed by atoms with van der Waals surface area (Å²) in [5.74, 6) is 0.248. The second kappa shape index (κ2) is 5.17. The molecule has 0 N–H and O–H groups in total.